The summed E-state index contributed by atoms with van der Waals surface area (Å²) < 4.78 is 5.88. The molecule has 1 atom stereocenters. The van der Waals surface area contributed by atoms with Crippen molar-refractivity contribution < 1.29 is 4.74 Å². The molecule has 1 N–H and O–H groups in total. The minimum atomic E-state index is 0.657. The predicted molar refractivity (Wildman–Crippen MR) is 84.4 cm³/mol. The van der Waals surface area contributed by atoms with Crippen molar-refractivity contribution in [1.29, 1.82) is 0 Å². The van der Waals surface area contributed by atoms with Gasteiger partial charge in [-0.15, -0.1) is 0 Å². The van der Waals surface area contributed by atoms with Gasteiger partial charge in [0.05, 0.1) is 0 Å². The lowest BCUT2D eigenvalue weighted by molar-refractivity contribution is 0.119. The number of hydrogen-bond donors (Lipinski definition) is 1. The smallest absolute Gasteiger partial charge is 0.119 e. The second-order valence-electron chi connectivity index (χ2n) is 6.19. The molecule has 112 valence electrons. The van der Waals surface area contributed by atoms with E-state index in [9.17, 15) is 0 Å². The van der Waals surface area contributed by atoms with E-state index in [0.717, 1.165) is 44.5 Å². The first-order valence-electron chi connectivity index (χ1n) is 7.79. The predicted octanol–water partition coefficient (Wildman–Crippen LogP) is 2.69. The molecule has 20 heavy (non-hydrogen) atoms. The van der Waals surface area contributed by atoms with E-state index < -0.39 is 0 Å². The van der Waals surface area contributed by atoms with Crippen LogP contribution in [-0.2, 0) is 0 Å². The highest BCUT2D eigenvalue weighted by Crippen LogP contribution is 2.15. The van der Waals surface area contributed by atoms with Crippen LogP contribution in [0.1, 0.15) is 25.8 Å². The van der Waals surface area contributed by atoms with Gasteiger partial charge < -0.3 is 10.1 Å². The van der Waals surface area contributed by atoms with Crippen LogP contribution in [0.25, 0.3) is 0 Å². The van der Waals surface area contributed by atoms with E-state index >= 15 is 0 Å². The highest BCUT2D eigenvalue weighted by atomic mass is 16.5. The van der Waals surface area contributed by atoms with Gasteiger partial charge in [-0.1, -0.05) is 26.0 Å². The maximum atomic E-state index is 5.88. The molecule has 1 aliphatic heterocycles. The third-order valence-electron chi connectivity index (χ3n) is 3.85. The molecule has 0 aliphatic carbocycles. The van der Waals surface area contributed by atoms with Crippen molar-refractivity contribution in [3.63, 3.8) is 0 Å². The first kappa shape index (κ1) is 15.3. The van der Waals surface area contributed by atoms with Crippen molar-refractivity contribution in [3.05, 3.63) is 29.8 Å². The van der Waals surface area contributed by atoms with Crippen LogP contribution in [0.5, 0.6) is 5.75 Å². The number of rotatable bonds is 6. The third-order valence-corrected chi connectivity index (χ3v) is 3.85. The maximum absolute atomic E-state index is 5.88. The van der Waals surface area contributed by atoms with Gasteiger partial charge in [0.15, 0.2) is 0 Å². The zero-order valence-corrected chi connectivity index (χ0v) is 13.1. The van der Waals surface area contributed by atoms with Crippen molar-refractivity contribution in [2.24, 2.45) is 5.92 Å². The molecule has 0 spiro atoms. The van der Waals surface area contributed by atoms with E-state index in [0.29, 0.717) is 6.04 Å². The van der Waals surface area contributed by atoms with Crippen molar-refractivity contribution in [2.75, 3.05) is 32.8 Å². The Bertz CT molecular complexity index is 406. The van der Waals surface area contributed by atoms with E-state index in [1.807, 2.05) is 6.07 Å². The summed E-state index contributed by atoms with van der Waals surface area (Å²) in [7, 11) is 0. The van der Waals surface area contributed by atoms with Crippen LogP contribution in [0.15, 0.2) is 24.3 Å². The Morgan fingerprint density at radius 2 is 2.25 bits per heavy atom. The molecule has 1 heterocycles. The lowest BCUT2D eigenvalue weighted by Crippen LogP contribution is -2.52. The fraction of sp³-hybridized carbons (Fsp3) is 0.647. The fourth-order valence-corrected chi connectivity index (χ4v) is 2.86. The van der Waals surface area contributed by atoms with E-state index in [1.54, 1.807) is 0 Å². The summed E-state index contributed by atoms with van der Waals surface area (Å²) in [5.41, 5.74) is 1.25. The lowest BCUT2D eigenvalue weighted by atomic mass is 10.0. The van der Waals surface area contributed by atoms with Gasteiger partial charge in [0.1, 0.15) is 12.4 Å². The van der Waals surface area contributed by atoms with Gasteiger partial charge in [0.25, 0.3) is 0 Å². The van der Waals surface area contributed by atoms with Crippen molar-refractivity contribution >= 4 is 0 Å². The molecule has 0 radical (unpaired) electrons. The van der Waals surface area contributed by atoms with Crippen LogP contribution >= 0.6 is 0 Å². The van der Waals surface area contributed by atoms with Gasteiger partial charge in [0.2, 0.25) is 0 Å². The monoisotopic (exact) mass is 276 g/mol. The van der Waals surface area contributed by atoms with E-state index in [1.165, 1.54) is 12.0 Å². The Labute approximate surface area is 123 Å². The van der Waals surface area contributed by atoms with Crippen LogP contribution in [0, 0.1) is 12.8 Å². The van der Waals surface area contributed by atoms with Gasteiger partial charge >= 0.3 is 0 Å². The number of ether oxygens (including phenoxy) is 1. The van der Waals surface area contributed by atoms with Crippen LogP contribution < -0.4 is 10.1 Å². The van der Waals surface area contributed by atoms with E-state index in [4.69, 9.17) is 4.74 Å². The fourth-order valence-electron chi connectivity index (χ4n) is 2.86. The zero-order chi connectivity index (χ0) is 14.4. The van der Waals surface area contributed by atoms with Gasteiger partial charge in [-0.25, -0.2) is 0 Å². The Hall–Kier alpha value is -1.06. The van der Waals surface area contributed by atoms with Crippen LogP contribution in [0.2, 0.25) is 0 Å². The standard InChI is InChI=1S/C17H28N2O/c1-14(2)11-16-13-18-7-8-19(16)9-10-20-17-6-4-5-15(3)12-17/h4-6,12,14,16,18H,7-11,13H2,1-3H3. The summed E-state index contributed by atoms with van der Waals surface area (Å²) in [5, 5.41) is 3.50. The van der Waals surface area contributed by atoms with E-state index in [2.05, 4.69) is 49.2 Å². The number of nitrogens with one attached hydrogen (secondary N) is 1. The van der Waals surface area contributed by atoms with Crippen LogP contribution in [0.3, 0.4) is 0 Å². The maximum Gasteiger partial charge on any atom is 0.119 e. The molecule has 1 fully saturated rings. The lowest BCUT2D eigenvalue weighted by Gasteiger charge is -2.37. The molecule has 2 rings (SSSR count). The average Bonchev–Trinajstić information content (AvgIpc) is 2.40. The molecule has 1 aromatic rings. The minimum Gasteiger partial charge on any atom is -0.492 e. The van der Waals surface area contributed by atoms with Crippen molar-refractivity contribution in [1.82, 2.24) is 10.2 Å². The van der Waals surface area contributed by atoms with Crippen LogP contribution in [-0.4, -0.2) is 43.7 Å². The number of piperazine rings is 1. The summed E-state index contributed by atoms with van der Waals surface area (Å²) in [4.78, 5) is 2.58. The van der Waals surface area contributed by atoms with Crippen molar-refractivity contribution in [2.45, 2.75) is 33.2 Å². The molecule has 1 aliphatic rings. The summed E-state index contributed by atoms with van der Waals surface area (Å²) >= 11 is 0. The normalized spacial score (nSPS) is 20.3. The minimum absolute atomic E-state index is 0.657. The second kappa shape index (κ2) is 7.65. The summed E-state index contributed by atoms with van der Waals surface area (Å²) in [6, 6.07) is 8.95. The Kier molecular flexibility index (Phi) is 5.86. The first-order valence-corrected chi connectivity index (χ1v) is 7.79. The topological polar surface area (TPSA) is 24.5 Å². The first-order chi connectivity index (χ1) is 9.65. The van der Waals surface area contributed by atoms with Gasteiger partial charge in [-0.05, 0) is 37.0 Å². The highest BCUT2D eigenvalue weighted by Gasteiger charge is 2.22. The molecular formula is C17H28N2O. The largest absolute Gasteiger partial charge is 0.492 e. The molecule has 0 bridgehead atoms. The van der Waals surface area contributed by atoms with Gasteiger partial charge in [-0.3, -0.25) is 4.90 Å². The Morgan fingerprint density at radius 3 is 3.00 bits per heavy atom. The molecule has 1 saturated heterocycles. The van der Waals surface area contributed by atoms with Crippen LogP contribution in [0.4, 0.5) is 0 Å². The zero-order valence-electron chi connectivity index (χ0n) is 13.1. The molecule has 0 aromatic heterocycles. The number of aryl methyl sites for hydroxylation is 1. The molecule has 1 unspecified atom stereocenters. The number of hydrogen-bond acceptors (Lipinski definition) is 3. The van der Waals surface area contributed by atoms with Gasteiger partial charge in [0, 0.05) is 32.2 Å². The quantitative estimate of drug-likeness (QED) is 0.864. The molecular weight excluding hydrogens is 248 g/mol. The molecule has 3 nitrogen and oxygen atoms in total. The summed E-state index contributed by atoms with van der Waals surface area (Å²) in [6.45, 7) is 11.8. The Morgan fingerprint density at radius 1 is 1.40 bits per heavy atom. The van der Waals surface area contributed by atoms with E-state index in [-0.39, 0.29) is 0 Å². The summed E-state index contributed by atoms with van der Waals surface area (Å²) in [5.74, 6) is 1.74. The number of benzene rings is 1. The number of nitrogens with zero attached hydrogens (tertiary/aromatic N) is 1. The molecule has 0 amide bonds. The highest BCUT2D eigenvalue weighted by molar-refractivity contribution is 5.27. The van der Waals surface area contributed by atoms with Crippen molar-refractivity contribution in [3.8, 4) is 5.75 Å². The molecule has 0 saturated carbocycles. The molecule has 1 aromatic carbocycles. The average molecular weight is 276 g/mol. The van der Waals surface area contributed by atoms with Gasteiger partial charge in [-0.2, -0.15) is 0 Å². The summed E-state index contributed by atoms with van der Waals surface area (Å²) in [6.07, 6.45) is 1.26. The third kappa shape index (κ3) is 4.80. The Balaban J connectivity index is 1.79. The SMILES string of the molecule is Cc1cccc(OCCN2CCNCC2CC(C)C)c1. The second-order valence-corrected chi connectivity index (χ2v) is 6.19. The molecule has 3 heteroatoms.